The highest BCUT2D eigenvalue weighted by Gasteiger charge is 2.19. The van der Waals surface area contributed by atoms with E-state index in [1.54, 1.807) is 25.1 Å². The van der Waals surface area contributed by atoms with E-state index in [0.29, 0.717) is 11.3 Å². The monoisotopic (exact) mass is 326 g/mol. The number of anilines is 2. The first-order valence-electron chi connectivity index (χ1n) is 7.72. The number of hydrogen-bond donors (Lipinski definition) is 1. The molecule has 1 atom stereocenters. The van der Waals surface area contributed by atoms with E-state index in [1.807, 2.05) is 56.3 Å². The van der Waals surface area contributed by atoms with Crippen molar-refractivity contribution in [3.05, 3.63) is 59.7 Å². The molecule has 24 heavy (non-hydrogen) atoms. The minimum Gasteiger partial charge on any atom is -0.449 e. The molecule has 0 spiro atoms. The molecule has 0 aromatic heterocycles. The van der Waals surface area contributed by atoms with Crippen molar-refractivity contribution in [1.82, 2.24) is 0 Å². The van der Waals surface area contributed by atoms with E-state index >= 15 is 0 Å². The van der Waals surface area contributed by atoms with Gasteiger partial charge in [0, 0.05) is 25.5 Å². The molecule has 5 nitrogen and oxygen atoms in total. The van der Waals surface area contributed by atoms with E-state index in [4.69, 9.17) is 4.74 Å². The standard InChI is InChI=1S/C19H22N2O3/c1-13-8-10-16(11-9-13)20-18(22)14(2)24-19(23)15-6-5-7-17(12-15)21(3)4/h5-12,14H,1-4H3,(H,20,22)/t14-/m0/s1. The van der Waals surface area contributed by atoms with Gasteiger partial charge in [0.15, 0.2) is 6.10 Å². The van der Waals surface area contributed by atoms with E-state index in [2.05, 4.69) is 5.32 Å². The maximum absolute atomic E-state index is 12.2. The Morgan fingerprint density at radius 2 is 1.75 bits per heavy atom. The number of rotatable bonds is 5. The quantitative estimate of drug-likeness (QED) is 0.857. The molecule has 1 amide bonds. The Balaban J connectivity index is 1.99. The van der Waals surface area contributed by atoms with Gasteiger partial charge in [-0.3, -0.25) is 4.79 Å². The van der Waals surface area contributed by atoms with Crippen molar-refractivity contribution in [2.45, 2.75) is 20.0 Å². The summed E-state index contributed by atoms with van der Waals surface area (Å²) in [6.07, 6.45) is -0.887. The van der Waals surface area contributed by atoms with Crippen LogP contribution >= 0.6 is 0 Å². The van der Waals surface area contributed by atoms with Gasteiger partial charge in [-0.05, 0) is 44.2 Å². The van der Waals surface area contributed by atoms with Gasteiger partial charge < -0.3 is 15.0 Å². The first-order chi connectivity index (χ1) is 11.4. The van der Waals surface area contributed by atoms with Crippen molar-refractivity contribution in [1.29, 1.82) is 0 Å². The van der Waals surface area contributed by atoms with Crippen molar-refractivity contribution in [2.75, 3.05) is 24.3 Å². The number of aryl methyl sites for hydroxylation is 1. The second-order valence-electron chi connectivity index (χ2n) is 5.85. The topological polar surface area (TPSA) is 58.6 Å². The molecule has 0 saturated heterocycles. The highest BCUT2D eigenvalue weighted by Crippen LogP contribution is 2.15. The lowest BCUT2D eigenvalue weighted by atomic mass is 10.2. The van der Waals surface area contributed by atoms with Crippen molar-refractivity contribution in [2.24, 2.45) is 0 Å². The molecular formula is C19H22N2O3. The van der Waals surface area contributed by atoms with Gasteiger partial charge in [-0.1, -0.05) is 23.8 Å². The van der Waals surface area contributed by atoms with Crippen LogP contribution in [0.5, 0.6) is 0 Å². The van der Waals surface area contributed by atoms with Gasteiger partial charge >= 0.3 is 5.97 Å². The molecule has 0 aliphatic heterocycles. The lowest BCUT2D eigenvalue weighted by Gasteiger charge is -2.15. The minimum absolute atomic E-state index is 0.365. The zero-order valence-electron chi connectivity index (χ0n) is 14.4. The SMILES string of the molecule is Cc1ccc(NC(=O)[C@H](C)OC(=O)c2cccc(N(C)C)c2)cc1. The van der Waals surface area contributed by atoms with Crippen LogP contribution < -0.4 is 10.2 Å². The van der Waals surface area contributed by atoms with Crippen LogP contribution in [0.1, 0.15) is 22.8 Å². The van der Waals surface area contributed by atoms with Crippen LogP contribution in [0.2, 0.25) is 0 Å². The molecule has 2 rings (SSSR count). The van der Waals surface area contributed by atoms with Crippen LogP contribution in [0.25, 0.3) is 0 Å². The average Bonchev–Trinajstić information content (AvgIpc) is 2.56. The van der Waals surface area contributed by atoms with E-state index in [0.717, 1.165) is 11.3 Å². The van der Waals surface area contributed by atoms with Crippen LogP contribution in [-0.2, 0) is 9.53 Å². The van der Waals surface area contributed by atoms with Crippen molar-refractivity contribution >= 4 is 23.3 Å². The molecule has 0 bridgehead atoms. The normalized spacial score (nSPS) is 11.5. The first-order valence-corrected chi connectivity index (χ1v) is 7.72. The second-order valence-corrected chi connectivity index (χ2v) is 5.85. The third-order valence-corrected chi connectivity index (χ3v) is 3.57. The predicted molar refractivity (Wildman–Crippen MR) is 95.5 cm³/mol. The lowest BCUT2D eigenvalue weighted by Crippen LogP contribution is -2.30. The highest BCUT2D eigenvalue weighted by molar-refractivity contribution is 5.97. The van der Waals surface area contributed by atoms with Crippen molar-refractivity contribution in [3.8, 4) is 0 Å². The third kappa shape index (κ3) is 4.59. The zero-order chi connectivity index (χ0) is 17.7. The number of benzene rings is 2. The summed E-state index contributed by atoms with van der Waals surface area (Å²) in [4.78, 5) is 26.2. The number of nitrogens with zero attached hydrogens (tertiary/aromatic N) is 1. The van der Waals surface area contributed by atoms with Crippen molar-refractivity contribution < 1.29 is 14.3 Å². The molecule has 0 radical (unpaired) electrons. The van der Waals surface area contributed by atoms with Gasteiger partial charge in [-0.25, -0.2) is 4.79 Å². The molecule has 0 aliphatic rings. The van der Waals surface area contributed by atoms with Crippen LogP contribution in [-0.4, -0.2) is 32.1 Å². The molecule has 2 aromatic carbocycles. The number of carbonyl (C=O) groups is 2. The Morgan fingerprint density at radius 3 is 2.38 bits per heavy atom. The molecule has 5 heteroatoms. The fourth-order valence-corrected chi connectivity index (χ4v) is 2.07. The second kappa shape index (κ2) is 7.64. The smallest absolute Gasteiger partial charge is 0.338 e. The van der Waals surface area contributed by atoms with E-state index in [1.165, 1.54) is 0 Å². The Labute approximate surface area is 142 Å². The minimum atomic E-state index is -0.887. The van der Waals surface area contributed by atoms with E-state index < -0.39 is 12.1 Å². The summed E-state index contributed by atoms with van der Waals surface area (Å²) in [6.45, 7) is 3.52. The predicted octanol–water partition coefficient (Wildman–Crippen LogP) is 3.25. The number of carbonyl (C=O) groups excluding carboxylic acids is 2. The molecule has 0 saturated carbocycles. The summed E-state index contributed by atoms with van der Waals surface area (Å²) >= 11 is 0. The van der Waals surface area contributed by atoms with Crippen LogP contribution in [0.15, 0.2) is 48.5 Å². The van der Waals surface area contributed by atoms with E-state index in [9.17, 15) is 9.59 Å². The van der Waals surface area contributed by atoms with Crippen molar-refractivity contribution in [3.63, 3.8) is 0 Å². The summed E-state index contributed by atoms with van der Waals surface area (Å²) in [7, 11) is 3.78. The summed E-state index contributed by atoms with van der Waals surface area (Å²) in [5, 5.41) is 2.73. The van der Waals surface area contributed by atoms with Gasteiger partial charge in [0.2, 0.25) is 0 Å². The molecule has 0 fully saturated rings. The molecule has 0 unspecified atom stereocenters. The Morgan fingerprint density at radius 1 is 1.08 bits per heavy atom. The Kier molecular flexibility index (Phi) is 5.58. The molecule has 2 aromatic rings. The summed E-state index contributed by atoms with van der Waals surface area (Å²) in [6, 6.07) is 14.5. The number of hydrogen-bond acceptors (Lipinski definition) is 4. The lowest BCUT2D eigenvalue weighted by molar-refractivity contribution is -0.123. The molecular weight excluding hydrogens is 304 g/mol. The number of amides is 1. The molecule has 0 heterocycles. The van der Waals surface area contributed by atoms with Crippen LogP contribution in [0, 0.1) is 6.92 Å². The van der Waals surface area contributed by atoms with Gasteiger partial charge in [0.05, 0.1) is 5.56 Å². The maximum Gasteiger partial charge on any atom is 0.338 e. The Hall–Kier alpha value is -2.82. The summed E-state index contributed by atoms with van der Waals surface area (Å²) in [5.41, 5.74) is 3.08. The molecule has 126 valence electrons. The molecule has 0 aliphatic carbocycles. The zero-order valence-corrected chi connectivity index (χ0v) is 14.4. The van der Waals surface area contributed by atoms with E-state index in [-0.39, 0.29) is 5.91 Å². The van der Waals surface area contributed by atoms with Gasteiger partial charge in [-0.2, -0.15) is 0 Å². The highest BCUT2D eigenvalue weighted by atomic mass is 16.5. The summed E-state index contributed by atoms with van der Waals surface area (Å²) < 4.78 is 5.26. The van der Waals surface area contributed by atoms with Gasteiger partial charge in [0.1, 0.15) is 0 Å². The van der Waals surface area contributed by atoms with Crippen LogP contribution in [0.3, 0.4) is 0 Å². The fraction of sp³-hybridized carbons (Fsp3) is 0.263. The largest absolute Gasteiger partial charge is 0.449 e. The Bertz CT molecular complexity index is 724. The maximum atomic E-state index is 12.2. The first kappa shape index (κ1) is 17.5. The molecule has 1 N–H and O–H groups in total. The number of nitrogens with one attached hydrogen (secondary N) is 1. The third-order valence-electron chi connectivity index (χ3n) is 3.57. The number of ether oxygens (including phenoxy) is 1. The van der Waals surface area contributed by atoms with Crippen LogP contribution in [0.4, 0.5) is 11.4 Å². The number of esters is 1. The fourth-order valence-electron chi connectivity index (χ4n) is 2.07. The van der Waals surface area contributed by atoms with Gasteiger partial charge in [-0.15, -0.1) is 0 Å². The average molecular weight is 326 g/mol. The summed E-state index contributed by atoms with van der Waals surface area (Å²) in [5.74, 6) is -0.888. The van der Waals surface area contributed by atoms with Gasteiger partial charge in [0.25, 0.3) is 5.91 Å².